The Bertz CT molecular complexity index is 658. The van der Waals surface area contributed by atoms with Crippen molar-refractivity contribution < 1.29 is 29.3 Å². The lowest BCUT2D eigenvalue weighted by Gasteiger charge is -2.24. The summed E-state index contributed by atoms with van der Waals surface area (Å²) in [6, 6.07) is 2.55. The minimum atomic E-state index is -0.850. The van der Waals surface area contributed by atoms with E-state index in [-0.39, 0.29) is 18.7 Å². The van der Waals surface area contributed by atoms with Gasteiger partial charge in [-0.1, -0.05) is 6.92 Å². The molecule has 0 fully saturated rings. The van der Waals surface area contributed by atoms with E-state index in [2.05, 4.69) is 4.74 Å². The second-order valence-corrected chi connectivity index (χ2v) is 5.15. The number of benzene rings is 1. The van der Waals surface area contributed by atoms with Gasteiger partial charge in [-0.05, 0) is 0 Å². The maximum Gasteiger partial charge on any atom is 0.310 e. The van der Waals surface area contributed by atoms with Crippen LogP contribution in [0, 0.1) is 26.1 Å². The SMILES string of the molecule is COC(=O)C(C)CN(CCO)C(=O)c1cc([N+](=O)[O-])cc([N+](=O)[O-])c1. The van der Waals surface area contributed by atoms with Crippen molar-refractivity contribution in [1.82, 2.24) is 4.90 Å². The minimum Gasteiger partial charge on any atom is -0.469 e. The summed E-state index contributed by atoms with van der Waals surface area (Å²) in [6.07, 6.45) is 0. The van der Waals surface area contributed by atoms with Crippen LogP contribution in [0.2, 0.25) is 0 Å². The van der Waals surface area contributed by atoms with Gasteiger partial charge in [0.25, 0.3) is 17.3 Å². The molecule has 0 saturated heterocycles. The van der Waals surface area contributed by atoms with Crippen LogP contribution in [0.3, 0.4) is 0 Å². The van der Waals surface area contributed by atoms with Gasteiger partial charge in [-0.2, -0.15) is 0 Å². The lowest BCUT2D eigenvalue weighted by atomic mass is 10.1. The highest BCUT2D eigenvalue weighted by Gasteiger charge is 2.26. The molecule has 1 aromatic rings. The van der Waals surface area contributed by atoms with Gasteiger partial charge < -0.3 is 14.7 Å². The van der Waals surface area contributed by atoms with Crippen molar-refractivity contribution in [2.45, 2.75) is 6.92 Å². The van der Waals surface area contributed by atoms with Gasteiger partial charge in [0.05, 0.1) is 41.1 Å². The van der Waals surface area contributed by atoms with E-state index in [1.165, 1.54) is 14.0 Å². The van der Waals surface area contributed by atoms with Gasteiger partial charge in [-0.25, -0.2) is 0 Å². The van der Waals surface area contributed by atoms with E-state index in [0.717, 1.165) is 23.1 Å². The van der Waals surface area contributed by atoms with Crippen LogP contribution in [0.5, 0.6) is 0 Å². The summed E-state index contributed by atoms with van der Waals surface area (Å²) in [7, 11) is 1.18. The predicted octanol–water partition coefficient (Wildman–Crippen LogP) is 0.747. The molecule has 0 radical (unpaired) electrons. The molecule has 0 aliphatic carbocycles. The molecule has 0 saturated carbocycles. The van der Waals surface area contributed by atoms with Crippen LogP contribution in [-0.4, -0.2) is 58.5 Å². The Morgan fingerprint density at radius 2 is 1.72 bits per heavy atom. The number of ether oxygens (including phenoxy) is 1. The Kier molecular flexibility index (Phi) is 6.93. The fourth-order valence-electron chi connectivity index (χ4n) is 2.11. The van der Waals surface area contributed by atoms with E-state index in [1.807, 2.05) is 0 Å². The summed E-state index contributed by atoms with van der Waals surface area (Å²) >= 11 is 0. The van der Waals surface area contributed by atoms with Gasteiger partial charge in [0, 0.05) is 25.2 Å². The first-order chi connectivity index (χ1) is 11.7. The van der Waals surface area contributed by atoms with Crippen molar-refractivity contribution in [2.24, 2.45) is 5.92 Å². The molecule has 0 aliphatic heterocycles. The number of hydrogen-bond acceptors (Lipinski definition) is 8. The standard InChI is InChI=1S/C14H17N3O8/c1-9(14(20)25-2)8-15(3-4-18)13(19)10-5-11(16(21)22)7-12(6-10)17(23)24/h5-7,9,18H,3-4,8H2,1-2H3. The third-order valence-electron chi connectivity index (χ3n) is 3.33. The maximum absolute atomic E-state index is 12.5. The molecule has 0 aliphatic rings. The van der Waals surface area contributed by atoms with Crippen LogP contribution in [0.1, 0.15) is 17.3 Å². The fourth-order valence-corrected chi connectivity index (χ4v) is 2.11. The average Bonchev–Trinajstić information content (AvgIpc) is 2.59. The number of carbonyl (C=O) groups is 2. The van der Waals surface area contributed by atoms with Gasteiger partial charge in [-0.15, -0.1) is 0 Å². The number of methoxy groups -OCH3 is 1. The average molecular weight is 355 g/mol. The Labute approximate surface area is 142 Å². The third kappa shape index (κ3) is 5.21. The van der Waals surface area contributed by atoms with Gasteiger partial charge in [0.15, 0.2) is 0 Å². The number of esters is 1. The summed E-state index contributed by atoms with van der Waals surface area (Å²) in [6.45, 7) is 0.801. The number of amides is 1. The van der Waals surface area contributed by atoms with E-state index in [0.29, 0.717) is 0 Å². The van der Waals surface area contributed by atoms with E-state index >= 15 is 0 Å². The van der Waals surface area contributed by atoms with Crippen LogP contribution < -0.4 is 0 Å². The van der Waals surface area contributed by atoms with Crippen LogP contribution in [0.15, 0.2) is 18.2 Å². The Hall–Kier alpha value is -3.08. The van der Waals surface area contributed by atoms with Crippen molar-refractivity contribution in [3.63, 3.8) is 0 Å². The second-order valence-electron chi connectivity index (χ2n) is 5.15. The van der Waals surface area contributed by atoms with E-state index < -0.39 is 45.6 Å². The van der Waals surface area contributed by atoms with Crippen LogP contribution in [0.25, 0.3) is 0 Å². The zero-order valence-corrected chi connectivity index (χ0v) is 13.6. The van der Waals surface area contributed by atoms with Crippen molar-refractivity contribution in [2.75, 3.05) is 26.8 Å². The first-order valence-corrected chi connectivity index (χ1v) is 7.13. The molecule has 1 unspecified atom stereocenters. The summed E-state index contributed by atoms with van der Waals surface area (Å²) < 4.78 is 4.56. The van der Waals surface area contributed by atoms with Crippen LogP contribution in [-0.2, 0) is 9.53 Å². The molecule has 25 heavy (non-hydrogen) atoms. The lowest BCUT2D eigenvalue weighted by molar-refractivity contribution is -0.394. The van der Waals surface area contributed by atoms with Crippen LogP contribution in [0.4, 0.5) is 11.4 Å². The summed E-state index contributed by atoms with van der Waals surface area (Å²) in [5.41, 5.74) is -1.50. The minimum absolute atomic E-state index is 0.122. The Morgan fingerprint density at radius 3 is 2.12 bits per heavy atom. The largest absolute Gasteiger partial charge is 0.469 e. The number of nitro benzene ring substituents is 2. The second kappa shape index (κ2) is 8.68. The zero-order valence-electron chi connectivity index (χ0n) is 13.6. The Morgan fingerprint density at radius 1 is 1.20 bits per heavy atom. The summed E-state index contributed by atoms with van der Waals surface area (Å²) in [5, 5.41) is 30.9. The lowest BCUT2D eigenvalue weighted by Crippen LogP contribution is -2.39. The number of aliphatic hydroxyl groups is 1. The van der Waals surface area contributed by atoms with E-state index in [4.69, 9.17) is 5.11 Å². The molecule has 1 aromatic carbocycles. The highest BCUT2D eigenvalue weighted by molar-refractivity contribution is 5.96. The molecule has 0 bridgehead atoms. The molecule has 0 spiro atoms. The highest BCUT2D eigenvalue weighted by atomic mass is 16.6. The predicted molar refractivity (Wildman–Crippen MR) is 83.9 cm³/mol. The number of rotatable bonds is 8. The zero-order chi connectivity index (χ0) is 19.1. The number of nitrogens with zero attached hydrogens (tertiary/aromatic N) is 3. The van der Waals surface area contributed by atoms with E-state index in [1.54, 1.807) is 0 Å². The van der Waals surface area contributed by atoms with Crippen molar-refractivity contribution >= 4 is 23.3 Å². The van der Waals surface area contributed by atoms with Gasteiger partial charge in [0.1, 0.15) is 0 Å². The van der Waals surface area contributed by atoms with Gasteiger partial charge in [0.2, 0.25) is 0 Å². The normalized spacial score (nSPS) is 11.5. The molecule has 0 heterocycles. The van der Waals surface area contributed by atoms with Gasteiger partial charge >= 0.3 is 5.97 Å². The highest BCUT2D eigenvalue weighted by Crippen LogP contribution is 2.24. The van der Waals surface area contributed by atoms with Crippen molar-refractivity contribution in [1.29, 1.82) is 0 Å². The van der Waals surface area contributed by atoms with Crippen molar-refractivity contribution in [3.05, 3.63) is 44.0 Å². The molecular formula is C14H17N3O8. The number of aliphatic hydroxyl groups excluding tert-OH is 1. The van der Waals surface area contributed by atoms with E-state index in [9.17, 15) is 29.8 Å². The molecule has 11 heteroatoms. The molecule has 1 amide bonds. The molecule has 11 nitrogen and oxygen atoms in total. The van der Waals surface area contributed by atoms with Crippen LogP contribution >= 0.6 is 0 Å². The molecule has 136 valence electrons. The summed E-state index contributed by atoms with van der Waals surface area (Å²) in [4.78, 5) is 45.2. The summed E-state index contributed by atoms with van der Waals surface area (Å²) in [5.74, 6) is -2.08. The number of carbonyl (C=O) groups excluding carboxylic acids is 2. The number of nitro groups is 2. The van der Waals surface area contributed by atoms with Gasteiger partial charge in [-0.3, -0.25) is 29.8 Å². The smallest absolute Gasteiger partial charge is 0.310 e. The topological polar surface area (TPSA) is 153 Å². The quantitative estimate of drug-likeness (QED) is 0.407. The maximum atomic E-state index is 12.5. The monoisotopic (exact) mass is 355 g/mol. The first kappa shape index (κ1) is 20.0. The number of non-ortho nitro benzene ring substituents is 2. The molecule has 0 aromatic heterocycles. The third-order valence-corrected chi connectivity index (χ3v) is 3.33. The molecule has 1 atom stereocenters. The molecular weight excluding hydrogens is 338 g/mol. The first-order valence-electron chi connectivity index (χ1n) is 7.13. The Balaban J connectivity index is 3.21. The molecule has 1 N–H and O–H groups in total. The fraction of sp³-hybridized carbons (Fsp3) is 0.429. The molecule has 1 rings (SSSR count). The number of hydrogen-bond donors (Lipinski definition) is 1. The van der Waals surface area contributed by atoms with Crippen molar-refractivity contribution in [3.8, 4) is 0 Å².